The lowest BCUT2D eigenvalue weighted by atomic mass is 9.94. The minimum Gasteiger partial charge on any atom is -0.338 e. The first-order valence-corrected chi connectivity index (χ1v) is 8.89. The van der Waals surface area contributed by atoms with E-state index in [1.807, 2.05) is 22.9 Å². The summed E-state index contributed by atoms with van der Waals surface area (Å²) in [6, 6.07) is 9.21. The fourth-order valence-corrected chi connectivity index (χ4v) is 3.43. The van der Waals surface area contributed by atoms with E-state index in [9.17, 15) is 9.59 Å². The highest BCUT2D eigenvalue weighted by molar-refractivity contribution is 6.30. The van der Waals surface area contributed by atoms with E-state index in [0.29, 0.717) is 34.9 Å². The number of benzene rings is 1. The highest BCUT2D eigenvalue weighted by Crippen LogP contribution is 2.31. The first-order valence-electron chi connectivity index (χ1n) is 8.52. The van der Waals surface area contributed by atoms with Crippen LogP contribution >= 0.6 is 11.6 Å². The second-order valence-corrected chi connectivity index (χ2v) is 6.70. The molecule has 138 valence electrons. The normalized spacial score (nSPS) is 14.6. The molecule has 0 bridgehead atoms. The van der Waals surface area contributed by atoms with Gasteiger partial charge in [-0.05, 0) is 43.2 Å². The van der Waals surface area contributed by atoms with Crippen molar-refractivity contribution in [2.75, 3.05) is 5.32 Å². The van der Waals surface area contributed by atoms with Crippen LogP contribution in [0.25, 0.3) is 10.9 Å². The maximum Gasteiger partial charge on any atom is 0.261 e. The average molecular weight is 384 g/mol. The number of pyridine rings is 1. The van der Waals surface area contributed by atoms with Crippen LogP contribution in [0, 0.1) is 11.8 Å². The van der Waals surface area contributed by atoms with Gasteiger partial charge in [0.05, 0.1) is 11.6 Å². The van der Waals surface area contributed by atoms with Gasteiger partial charge in [-0.2, -0.15) is 5.10 Å². The van der Waals surface area contributed by atoms with Crippen molar-refractivity contribution in [2.45, 2.75) is 31.7 Å². The summed E-state index contributed by atoms with van der Waals surface area (Å²) in [4.78, 5) is 26.6. The quantitative estimate of drug-likeness (QED) is 0.712. The van der Waals surface area contributed by atoms with Crippen LogP contribution in [0.15, 0.2) is 41.3 Å². The number of carbonyl (C=O) groups excluding carboxylic acids is 1. The van der Waals surface area contributed by atoms with Crippen molar-refractivity contribution in [3.63, 3.8) is 0 Å². The van der Waals surface area contributed by atoms with E-state index in [4.69, 9.17) is 16.9 Å². The Kier molecular flexibility index (Phi) is 5.57. The summed E-state index contributed by atoms with van der Waals surface area (Å²) < 4.78 is 1.88. The fraction of sp³-hybridized carbons (Fsp3) is 0.263. The number of aromatic nitrogens is 3. The van der Waals surface area contributed by atoms with Gasteiger partial charge < -0.3 is 10.3 Å². The molecule has 0 radical (unpaired) electrons. The molecule has 4 rings (SSSR count). The molecule has 0 amide bonds. The number of fused-ring (bicyclic) bond motifs is 1. The van der Waals surface area contributed by atoms with Crippen LogP contribution in [-0.2, 0) is 4.79 Å². The van der Waals surface area contributed by atoms with E-state index in [0.717, 1.165) is 24.0 Å². The van der Waals surface area contributed by atoms with Crippen molar-refractivity contribution in [3.8, 4) is 6.57 Å². The zero-order valence-corrected chi connectivity index (χ0v) is 15.2. The number of aromatic amines is 1. The van der Waals surface area contributed by atoms with Crippen molar-refractivity contribution in [3.05, 3.63) is 51.9 Å². The van der Waals surface area contributed by atoms with Crippen LogP contribution in [0.1, 0.15) is 31.7 Å². The van der Waals surface area contributed by atoms with Crippen molar-refractivity contribution < 1.29 is 4.79 Å². The summed E-state index contributed by atoms with van der Waals surface area (Å²) >= 11 is 5.92. The molecular formula is C19H18ClN5O2. The molecular weight excluding hydrogens is 366 g/mol. The van der Waals surface area contributed by atoms with E-state index in [1.165, 1.54) is 0 Å². The number of nitriles is 1. The predicted octanol–water partition coefficient (Wildman–Crippen LogP) is 3.95. The number of Topliss-reactive ketones (excluding diaryl/α,β-unsaturated/α-hetero) is 1. The van der Waals surface area contributed by atoms with Gasteiger partial charge in [-0.15, -0.1) is 0 Å². The third kappa shape index (κ3) is 3.86. The van der Waals surface area contributed by atoms with Crippen LogP contribution in [0.5, 0.6) is 0 Å². The molecule has 7 nitrogen and oxygen atoms in total. The topological polar surface area (TPSA) is 104 Å². The third-order valence-electron chi connectivity index (χ3n) is 4.60. The van der Waals surface area contributed by atoms with E-state index >= 15 is 0 Å². The lowest BCUT2D eigenvalue weighted by Gasteiger charge is -2.22. The van der Waals surface area contributed by atoms with Gasteiger partial charge in [-0.1, -0.05) is 11.6 Å². The van der Waals surface area contributed by atoms with Gasteiger partial charge in [0.2, 0.25) is 0 Å². The SMILES string of the molecule is C#N.O=C1CCC(n2nc(Nc3ccc(Cl)cc3)c3c(=O)[nH]ccc32)CC1. The smallest absolute Gasteiger partial charge is 0.261 e. The van der Waals surface area contributed by atoms with Gasteiger partial charge in [0.25, 0.3) is 5.56 Å². The van der Waals surface area contributed by atoms with Gasteiger partial charge in [-0.3, -0.25) is 14.3 Å². The largest absolute Gasteiger partial charge is 0.338 e. The molecule has 0 saturated heterocycles. The summed E-state index contributed by atoms with van der Waals surface area (Å²) in [6.45, 7) is 3.50. The van der Waals surface area contributed by atoms with E-state index in [1.54, 1.807) is 18.3 Å². The zero-order valence-electron chi connectivity index (χ0n) is 14.5. The van der Waals surface area contributed by atoms with Crippen LogP contribution in [0.3, 0.4) is 0 Å². The Morgan fingerprint density at radius 3 is 2.48 bits per heavy atom. The summed E-state index contributed by atoms with van der Waals surface area (Å²) in [5, 5.41) is 15.5. The van der Waals surface area contributed by atoms with Crippen LogP contribution in [0.4, 0.5) is 11.5 Å². The molecule has 0 aliphatic heterocycles. The second-order valence-electron chi connectivity index (χ2n) is 6.26. The summed E-state index contributed by atoms with van der Waals surface area (Å²) in [6.07, 6.45) is 4.26. The number of anilines is 2. The molecule has 3 aromatic rings. The Hall–Kier alpha value is -3.11. The van der Waals surface area contributed by atoms with E-state index in [-0.39, 0.29) is 11.6 Å². The maximum absolute atomic E-state index is 12.4. The molecule has 1 aliphatic rings. The maximum atomic E-state index is 12.4. The molecule has 1 aliphatic carbocycles. The standard InChI is InChI=1S/C18H17ClN4O2.CHN/c19-11-1-3-12(4-2-11)21-17-16-15(9-10-20-18(16)25)23(22-17)13-5-7-14(24)8-6-13;1-2/h1-4,9-10,13H,5-8H2,(H,20,25)(H,21,22);1H. The fourth-order valence-electron chi connectivity index (χ4n) is 3.30. The molecule has 2 N–H and O–H groups in total. The number of halogens is 1. The summed E-state index contributed by atoms with van der Waals surface area (Å²) in [5.74, 6) is 0.807. The number of nitrogens with one attached hydrogen (secondary N) is 2. The lowest BCUT2D eigenvalue weighted by Crippen LogP contribution is -2.19. The lowest BCUT2D eigenvalue weighted by molar-refractivity contribution is -0.120. The van der Waals surface area contributed by atoms with Crippen LogP contribution in [0.2, 0.25) is 5.02 Å². The summed E-state index contributed by atoms with van der Waals surface area (Å²) in [5.41, 5.74) is 1.39. The van der Waals surface area contributed by atoms with Crippen molar-refractivity contribution in [1.29, 1.82) is 5.26 Å². The van der Waals surface area contributed by atoms with Crippen LogP contribution in [-0.4, -0.2) is 20.5 Å². The third-order valence-corrected chi connectivity index (χ3v) is 4.85. The van der Waals surface area contributed by atoms with Gasteiger partial charge in [0.15, 0.2) is 5.82 Å². The molecule has 0 atom stereocenters. The number of rotatable bonds is 3. The number of nitrogens with zero attached hydrogens (tertiary/aromatic N) is 3. The highest BCUT2D eigenvalue weighted by Gasteiger charge is 2.24. The number of hydrogen-bond acceptors (Lipinski definition) is 5. The zero-order chi connectivity index (χ0) is 19.4. The first-order chi connectivity index (χ1) is 13.1. The molecule has 27 heavy (non-hydrogen) atoms. The number of hydrogen-bond donors (Lipinski definition) is 2. The van der Waals surface area contributed by atoms with Crippen molar-refractivity contribution in [1.82, 2.24) is 14.8 Å². The Bertz CT molecular complexity index is 1030. The molecule has 0 spiro atoms. The van der Waals surface area contributed by atoms with Gasteiger partial charge in [0.1, 0.15) is 11.2 Å². The number of ketones is 1. The average Bonchev–Trinajstić information content (AvgIpc) is 3.06. The molecule has 2 heterocycles. The van der Waals surface area contributed by atoms with E-state index in [2.05, 4.69) is 22.0 Å². The number of H-pyrrole nitrogens is 1. The number of carbonyl (C=O) groups is 1. The first kappa shape index (κ1) is 18.7. The van der Waals surface area contributed by atoms with Gasteiger partial charge in [0, 0.05) is 36.3 Å². The van der Waals surface area contributed by atoms with Gasteiger partial charge in [-0.25, -0.2) is 5.26 Å². The van der Waals surface area contributed by atoms with Crippen molar-refractivity contribution in [2.24, 2.45) is 0 Å². The Morgan fingerprint density at radius 1 is 1.15 bits per heavy atom. The molecule has 0 unspecified atom stereocenters. The Labute approximate surface area is 160 Å². The molecule has 2 aromatic heterocycles. The van der Waals surface area contributed by atoms with E-state index < -0.39 is 0 Å². The molecule has 1 fully saturated rings. The van der Waals surface area contributed by atoms with Gasteiger partial charge >= 0.3 is 0 Å². The highest BCUT2D eigenvalue weighted by atomic mass is 35.5. The molecule has 8 heteroatoms. The second kappa shape index (κ2) is 8.06. The molecule has 1 aromatic carbocycles. The summed E-state index contributed by atoms with van der Waals surface area (Å²) in [7, 11) is 0. The predicted molar refractivity (Wildman–Crippen MR) is 104 cm³/mol. The van der Waals surface area contributed by atoms with Crippen molar-refractivity contribution >= 4 is 39.8 Å². The Morgan fingerprint density at radius 2 is 1.81 bits per heavy atom. The minimum absolute atomic E-state index is 0.128. The molecule has 1 saturated carbocycles. The Balaban J connectivity index is 0.00000102. The minimum atomic E-state index is -0.188. The van der Waals surface area contributed by atoms with Crippen LogP contribution < -0.4 is 10.9 Å². The monoisotopic (exact) mass is 383 g/mol.